The van der Waals surface area contributed by atoms with Gasteiger partial charge in [0, 0.05) is 25.3 Å². The number of hydrogen-bond donors (Lipinski definition) is 0. The predicted octanol–water partition coefficient (Wildman–Crippen LogP) is 2.92. The van der Waals surface area contributed by atoms with Gasteiger partial charge in [0.15, 0.2) is 0 Å². The number of amides is 2. The van der Waals surface area contributed by atoms with Gasteiger partial charge in [-0.2, -0.15) is 0 Å². The summed E-state index contributed by atoms with van der Waals surface area (Å²) in [5, 5.41) is 0. The molecule has 0 aromatic heterocycles. The average molecular weight is 359 g/mol. The minimum absolute atomic E-state index is 0.150. The number of carbonyl (C=O) groups excluding carboxylic acids is 2. The first-order valence-electron chi connectivity index (χ1n) is 9.36. The number of piperidine rings is 1. The van der Waals surface area contributed by atoms with Crippen molar-refractivity contribution in [2.75, 3.05) is 18.8 Å². The van der Waals surface area contributed by atoms with Crippen molar-refractivity contribution in [1.82, 2.24) is 9.80 Å². The number of likely N-dealkylation sites (tertiary alicyclic amines) is 1. The predicted molar refractivity (Wildman–Crippen MR) is 100 cm³/mol. The summed E-state index contributed by atoms with van der Waals surface area (Å²) in [5.74, 6) is 1.74. The van der Waals surface area contributed by atoms with Gasteiger partial charge in [0.1, 0.15) is 6.04 Å². The highest BCUT2D eigenvalue weighted by Gasteiger charge is 2.53. The quantitative estimate of drug-likeness (QED) is 0.834. The molecule has 2 unspecified atom stereocenters. The molecule has 25 heavy (non-hydrogen) atoms. The molecule has 3 heterocycles. The average Bonchev–Trinajstić information content (AvgIpc) is 3.12. The second-order valence-corrected chi connectivity index (χ2v) is 9.23. The van der Waals surface area contributed by atoms with Gasteiger partial charge in [-0.1, -0.05) is 30.3 Å². The van der Waals surface area contributed by atoms with E-state index in [1.165, 1.54) is 5.56 Å². The van der Waals surface area contributed by atoms with Gasteiger partial charge in [-0.05, 0) is 44.1 Å². The van der Waals surface area contributed by atoms with Crippen LogP contribution in [0.3, 0.4) is 0 Å². The lowest BCUT2D eigenvalue weighted by Gasteiger charge is -2.36. The summed E-state index contributed by atoms with van der Waals surface area (Å²) in [6.45, 7) is 3.77. The molecule has 3 fully saturated rings. The van der Waals surface area contributed by atoms with E-state index in [4.69, 9.17) is 0 Å². The highest BCUT2D eigenvalue weighted by Crippen LogP contribution is 2.47. The highest BCUT2D eigenvalue weighted by molar-refractivity contribution is 8.01. The maximum atomic E-state index is 13.0. The van der Waals surface area contributed by atoms with Crippen molar-refractivity contribution in [3.63, 3.8) is 0 Å². The molecule has 0 bridgehead atoms. The Labute approximate surface area is 153 Å². The van der Waals surface area contributed by atoms with Gasteiger partial charge in [-0.3, -0.25) is 9.59 Å². The zero-order chi connectivity index (χ0) is 17.4. The van der Waals surface area contributed by atoms with Gasteiger partial charge in [0.05, 0.1) is 4.87 Å². The Bertz CT molecular complexity index is 657. The van der Waals surface area contributed by atoms with Crippen LogP contribution in [0.25, 0.3) is 0 Å². The Kier molecular flexibility index (Phi) is 4.52. The summed E-state index contributed by atoms with van der Waals surface area (Å²) in [4.78, 5) is 29.0. The molecule has 0 N–H and O–H groups in total. The summed E-state index contributed by atoms with van der Waals surface area (Å²) in [7, 11) is 0. The van der Waals surface area contributed by atoms with E-state index < -0.39 is 0 Å². The lowest BCUT2D eigenvalue weighted by Crippen LogP contribution is -2.53. The molecule has 5 heteroatoms. The van der Waals surface area contributed by atoms with Crippen molar-refractivity contribution in [1.29, 1.82) is 0 Å². The Hall–Kier alpha value is -1.49. The van der Waals surface area contributed by atoms with Crippen LogP contribution in [0.15, 0.2) is 30.3 Å². The van der Waals surface area contributed by atoms with Gasteiger partial charge < -0.3 is 9.80 Å². The summed E-state index contributed by atoms with van der Waals surface area (Å²) in [5.41, 5.74) is 1.39. The highest BCUT2D eigenvalue weighted by atomic mass is 32.2. The number of rotatable bonds is 3. The molecular weight excluding hydrogens is 332 g/mol. The molecule has 3 aliphatic heterocycles. The number of fused-ring (bicyclic) bond motifs is 1. The van der Waals surface area contributed by atoms with E-state index >= 15 is 0 Å². The van der Waals surface area contributed by atoms with E-state index in [2.05, 4.69) is 37.3 Å². The van der Waals surface area contributed by atoms with Gasteiger partial charge >= 0.3 is 0 Å². The van der Waals surface area contributed by atoms with Crippen LogP contribution in [0.2, 0.25) is 0 Å². The van der Waals surface area contributed by atoms with Gasteiger partial charge in [0.2, 0.25) is 11.8 Å². The summed E-state index contributed by atoms with van der Waals surface area (Å²) >= 11 is 1.78. The molecule has 4 rings (SSSR count). The van der Waals surface area contributed by atoms with E-state index in [1.807, 2.05) is 9.80 Å². The van der Waals surface area contributed by atoms with Crippen LogP contribution in [-0.2, 0) is 16.0 Å². The SMILES string of the molecule is CC12CCC(=O)N1C(C(=O)N1CCC(Cc3ccccc3)CC1)CS2. The fourth-order valence-corrected chi connectivity index (χ4v) is 5.94. The van der Waals surface area contributed by atoms with E-state index in [0.717, 1.165) is 44.5 Å². The van der Waals surface area contributed by atoms with Crippen molar-refractivity contribution in [2.45, 2.75) is 49.9 Å². The first-order chi connectivity index (χ1) is 12.1. The van der Waals surface area contributed by atoms with Crippen LogP contribution in [-0.4, -0.2) is 51.4 Å². The summed E-state index contributed by atoms with van der Waals surface area (Å²) in [6.07, 6.45) is 4.69. The van der Waals surface area contributed by atoms with E-state index in [1.54, 1.807) is 11.8 Å². The first kappa shape index (κ1) is 17.0. The topological polar surface area (TPSA) is 40.6 Å². The molecule has 4 nitrogen and oxygen atoms in total. The number of carbonyl (C=O) groups is 2. The molecule has 134 valence electrons. The van der Waals surface area contributed by atoms with Crippen LogP contribution in [0, 0.1) is 5.92 Å². The third-order valence-electron chi connectivity index (χ3n) is 6.02. The Balaban J connectivity index is 1.35. The Morgan fingerprint density at radius 2 is 1.96 bits per heavy atom. The monoisotopic (exact) mass is 358 g/mol. The minimum atomic E-state index is -0.240. The first-order valence-corrected chi connectivity index (χ1v) is 10.3. The Morgan fingerprint density at radius 1 is 1.24 bits per heavy atom. The lowest BCUT2D eigenvalue weighted by atomic mass is 9.90. The molecular formula is C20H26N2O2S. The van der Waals surface area contributed by atoms with Crippen molar-refractivity contribution < 1.29 is 9.59 Å². The standard InChI is InChI=1S/C20H26N2O2S/c1-20-10-7-18(23)22(20)17(14-25-20)19(24)21-11-8-16(9-12-21)13-15-5-3-2-4-6-15/h2-6,16-17H,7-14H2,1H3. The van der Waals surface area contributed by atoms with Crippen molar-refractivity contribution >= 4 is 23.6 Å². The largest absolute Gasteiger partial charge is 0.341 e. The van der Waals surface area contributed by atoms with Gasteiger partial charge in [-0.15, -0.1) is 11.8 Å². The van der Waals surface area contributed by atoms with Gasteiger partial charge in [0.25, 0.3) is 0 Å². The van der Waals surface area contributed by atoms with Crippen LogP contribution in [0.5, 0.6) is 0 Å². The maximum absolute atomic E-state index is 13.0. The molecule has 1 aromatic carbocycles. The molecule has 2 amide bonds. The number of thioether (sulfide) groups is 1. The second kappa shape index (κ2) is 6.67. The van der Waals surface area contributed by atoms with Crippen LogP contribution in [0.4, 0.5) is 0 Å². The van der Waals surface area contributed by atoms with E-state index in [9.17, 15) is 9.59 Å². The Morgan fingerprint density at radius 3 is 2.68 bits per heavy atom. The molecule has 1 aromatic rings. The second-order valence-electron chi connectivity index (χ2n) is 7.72. The van der Waals surface area contributed by atoms with E-state index in [-0.39, 0.29) is 22.7 Å². The molecule has 2 atom stereocenters. The maximum Gasteiger partial charge on any atom is 0.246 e. The zero-order valence-corrected chi connectivity index (χ0v) is 15.6. The van der Waals surface area contributed by atoms with E-state index in [0.29, 0.717) is 12.3 Å². The lowest BCUT2D eigenvalue weighted by molar-refractivity contribution is -0.144. The molecule has 3 aliphatic rings. The van der Waals surface area contributed by atoms with Crippen LogP contribution >= 0.6 is 11.8 Å². The third kappa shape index (κ3) is 3.19. The summed E-state index contributed by atoms with van der Waals surface area (Å²) < 4.78 is 0. The number of nitrogens with zero attached hydrogens (tertiary/aromatic N) is 2. The molecule has 0 spiro atoms. The smallest absolute Gasteiger partial charge is 0.246 e. The fraction of sp³-hybridized carbons (Fsp3) is 0.600. The molecule has 0 saturated carbocycles. The van der Waals surface area contributed by atoms with Gasteiger partial charge in [-0.25, -0.2) is 0 Å². The fourth-order valence-electron chi connectivity index (χ4n) is 4.52. The molecule has 3 saturated heterocycles. The molecule has 0 aliphatic carbocycles. The third-order valence-corrected chi connectivity index (χ3v) is 7.53. The normalized spacial score (nSPS) is 30.0. The summed E-state index contributed by atoms with van der Waals surface area (Å²) in [6, 6.07) is 10.4. The van der Waals surface area contributed by atoms with Crippen LogP contribution in [0.1, 0.15) is 38.2 Å². The van der Waals surface area contributed by atoms with Crippen molar-refractivity contribution in [3.05, 3.63) is 35.9 Å². The minimum Gasteiger partial charge on any atom is -0.341 e. The van der Waals surface area contributed by atoms with Crippen molar-refractivity contribution in [2.24, 2.45) is 5.92 Å². The molecule has 0 radical (unpaired) electrons. The zero-order valence-electron chi connectivity index (χ0n) is 14.8. The number of benzene rings is 1. The van der Waals surface area contributed by atoms with Crippen molar-refractivity contribution in [3.8, 4) is 0 Å². The van der Waals surface area contributed by atoms with Crippen LogP contribution < -0.4 is 0 Å². The number of hydrogen-bond acceptors (Lipinski definition) is 3.